The second-order valence-electron chi connectivity index (χ2n) is 4.61. The van der Waals surface area contributed by atoms with Crippen LogP contribution >= 0.6 is 11.3 Å². The van der Waals surface area contributed by atoms with Crippen LogP contribution in [-0.2, 0) is 23.6 Å². The molecule has 20 heavy (non-hydrogen) atoms. The summed E-state index contributed by atoms with van der Waals surface area (Å²) in [6, 6.07) is 1.70. The zero-order valence-corrected chi connectivity index (χ0v) is 13.5. The summed E-state index contributed by atoms with van der Waals surface area (Å²) in [5.41, 5.74) is 2.14. The van der Waals surface area contributed by atoms with Gasteiger partial charge >= 0.3 is 0 Å². The van der Waals surface area contributed by atoms with Crippen molar-refractivity contribution < 1.29 is 8.42 Å². The molecular formula is C12H18N4O2S2. The van der Waals surface area contributed by atoms with Crippen molar-refractivity contribution in [3.05, 3.63) is 28.4 Å². The molecular weight excluding hydrogens is 296 g/mol. The van der Waals surface area contributed by atoms with Gasteiger partial charge in [-0.2, -0.15) is 5.10 Å². The first kappa shape index (κ1) is 15.0. The van der Waals surface area contributed by atoms with Gasteiger partial charge in [-0.15, -0.1) is 11.3 Å². The van der Waals surface area contributed by atoms with Crippen molar-refractivity contribution >= 4 is 27.0 Å². The van der Waals surface area contributed by atoms with Crippen LogP contribution in [0.25, 0.3) is 0 Å². The highest BCUT2D eigenvalue weighted by molar-refractivity contribution is 7.94. The van der Waals surface area contributed by atoms with Crippen LogP contribution in [-0.4, -0.2) is 25.2 Å². The zero-order chi connectivity index (χ0) is 14.9. The molecule has 0 aromatic carbocycles. The molecule has 0 radical (unpaired) electrons. The minimum absolute atomic E-state index is 0.323. The van der Waals surface area contributed by atoms with Gasteiger partial charge in [-0.25, -0.2) is 8.42 Å². The summed E-state index contributed by atoms with van der Waals surface area (Å²) >= 11 is 1.28. The molecule has 0 aliphatic rings. The maximum atomic E-state index is 12.4. The lowest BCUT2D eigenvalue weighted by molar-refractivity contribution is 0.603. The molecule has 0 saturated heterocycles. The Labute approximate surface area is 122 Å². The number of rotatable bonds is 5. The van der Waals surface area contributed by atoms with Crippen LogP contribution in [0.2, 0.25) is 0 Å². The van der Waals surface area contributed by atoms with Crippen LogP contribution in [0.15, 0.2) is 16.5 Å². The van der Waals surface area contributed by atoms with Gasteiger partial charge in [-0.05, 0) is 32.5 Å². The van der Waals surface area contributed by atoms with Crippen molar-refractivity contribution in [3.8, 4) is 0 Å². The number of anilines is 1. The standard InChI is InChI=1S/C12H18N4O2S2/c1-8-5-12(19-11(8)6-13-3)20(17,18)15-10-7-16(4)14-9(10)2/h5,7,13,15H,6H2,1-4H3. The average molecular weight is 314 g/mol. The number of nitrogens with zero attached hydrogens (tertiary/aromatic N) is 2. The Balaban J connectivity index is 2.31. The molecule has 8 heteroatoms. The highest BCUT2D eigenvalue weighted by atomic mass is 32.2. The number of nitrogens with one attached hydrogen (secondary N) is 2. The van der Waals surface area contributed by atoms with E-state index in [1.54, 1.807) is 30.9 Å². The largest absolute Gasteiger partial charge is 0.315 e. The third-order valence-electron chi connectivity index (χ3n) is 2.86. The molecule has 0 amide bonds. The van der Waals surface area contributed by atoms with E-state index in [1.165, 1.54) is 11.3 Å². The van der Waals surface area contributed by atoms with Crippen LogP contribution in [0, 0.1) is 13.8 Å². The quantitative estimate of drug-likeness (QED) is 0.879. The Morgan fingerprint density at radius 1 is 1.40 bits per heavy atom. The fourth-order valence-corrected chi connectivity index (χ4v) is 4.56. The average Bonchev–Trinajstić information content (AvgIpc) is 2.84. The Bertz CT molecular complexity index is 716. The molecule has 2 rings (SSSR count). The van der Waals surface area contributed by atoms with Crippen LogP contribution < -0.4 is 10.0 Å². The Hall–Kier alpha value is -1.38. The Morgan fingerprint density at radius 2 is 2.10 bits per heavy atom. The molecule has 0 unspecified atom stereocenters. The molecule has 0 fully saturated rings. The normalized spacial score (nSPS) is 11.8. The fraction of sp³-hybridized carbons (Fsp3) is 0.417. The minimum atomic E-state index is -3.56. The van der Waals surface area contributed by atoms with E-state index in [4.69, 9.17) is 0 Å². The van der Waals surface area contributed by atoms with E-state index in [0.29, 0.717) is 22.1 Å². The van der Waals surface area contributed by atoms with Gasteiger partial charge in [-0.1, -0.05) is 0 Å². The highest BCUT2D eigenvalue weighted by Gasteiger charge is 2.20. The molecule has 0 atom stereocenters. The highest BCUT2D eigenvalue weighted by Crippen LogP contribution is 2.28. The zero-order valence-electron chi connectivity index (χ0n) is 11.9. The maximum Gasteiger partial charge on any atom is 0.271 e. The lowest BCUT2D eigenvalue weighted by atomic mass is 10.3. The SMILES string of the molecule is CNCc1sc(S(=O)(=O)Nc2cn(C)nc2C)cc1C. The van der Waals surface area contributed by atoms with E-state index in [-0.39, 0.29) is 0 Å². The fourth-order valence-electron chi connectivity index (χ4n) is 1.85. The summed E-state index contributed by atoms with van der Waals surface area (Å²) in [4.78, 5) is 1.02. The van der Waals surface area contributed by atoms with Crippen molar-refractivity contribution in [1.82, 2.24) is 15.1 Å². The van der Waals surface area contributed by atoms with E-state index >= 15 is 0 Å². The molecule has 2 heterocycles. The van der Waals surface area contributed by atoms with Gasteiger partial charge in [0.15, 0.2) is 0 Å². The van der Waals surface area contributed by atoms with Crippen LogP contribution in [0.1, 0.15) is 16.1 Å². The summed E-state index contributed by atoms with van der Waals surface area (Å²) < 4.78 is 29.2. The van der Waals surface area contributed by atoms with Gasteiger partial charge in [0.2, 0.25) is 0 Å². The van der Waals surface area contributed by atoms with E-state index < -0.39 is 10.0 Å². The van der Waals surface area contributed by atoms with E-state index in [2.05, 4.69) is 15.1 Å². The van der Waals surface area contributed by atoms with Gasteiger partial charge in [0, 0.05) is 24.7 Å². The number of thiophene rings is 1. The Morgan fingerprint density at radius 3 is 2.65 bits per heavy atom. The summed E-state index contributed by atoms with van der Waals surface area (Å²) in [6.45, 7) is 4.35. The van der Waals surface area contributed by atoms with Gasteiger partial charge < -0.3 is 5.32 Å². The van der Waals surface area contributed by atoms with Crippen molar-refractivity contribution in [1.29, 1.82) is 0 Å². The third kappa shape index (κ3) is 3.02. The summed E-state index contributed by atoms with van der Waals surface area (Å²) in [6.07, 6.45) is 1.65. The van der Waals surface area contributed by atoms with Gasteiger partial charge in [0.05, 0.1) is 11.4 Å². The van der Waals surface area contributed by atoms with Crippen molar-refractivity contribution in [3.63, 3.8) is 0 Å². The monoisotopic (exact) mass is 314 g/mol. The molecule has 6 nitrogen and oxygen atoms in total. The lowest BCUT2D eigenvalue weighted by Crippen LogP contribution is -2.11. The molecule has 2 N–H and O–H groups in total. The Kier molecular flexibility index (Phi) is 4.17. The molecule has 0 spiro atoms. The molecule has 0 aliphatic carbocycles. The van der Waals surface area contributed by atoms with Crippen LogP contribution in [0.4, 0.5) is 5.69 Å². The molecule has 2 aromatic rings. The first-order valence-corrected chi connectivity index (χ1v) is 8.40. The molecule has 2 aromatic heterocycles. The first-order valence-electron chi connectivity index (χ1n) is 6.10. The number of hydrogen-bond donors (Lipinski definition) is 2. The third-order valence-corrected chi connectivity index (χ3v) is 5.93. The maximum absolute atomic E-state index is 12.4. The van der Waals surface area contributed by atoms with E-state index in [9.17, 15) is 8.42 Å². The molecule has 0 saturated carbocycles. The number of sulfonamides is 1. The summed E-state index contributed by atoms with van der Waals surface area (Å²) in [5, 5.41) is 7.16. The van der Waals surface area contributed by atoms with Gasteiger partial charge in [-0.3, -0.25) is 9.40 Å². The lowest BCUT2D eigenvalue weighted by Gasteiger charge is -2.04. The number of hydrogen-bond acceptors (Lipinski definition) is 5. The smallest absolute Gasteiger partial charge is 0.271 e. The second kappa shape index (κ2) is 5.55. The summed E-state index contributed by atoms with van der Waals surface area (Å²) in [7, 11) is 0.0379. The van der Waals surface area contributed by atoms with Gasteiger partial charge in [0.25, 0.3) is 10.0 Å². The van der Waals surface area contributed by atoms with Gasteiger partial charge in [0.1, 0.15) is 4.21 Å². The predicted octanol–water partition coefficient (Wildman–Crippen LogP) is 1.62. The topological polar surface area (TPSA) is 76.0 Å². The first-order chi connectivity index (χ1) is 9.33. The van der Waals surface area contributed by atoms with Crippen molar-refractivity contribution in [2.75, 3.05) is 11.8 Å². The molecule has 0 aliphatic heterocycles. The van der Waals surface area contributed by atoms with E-state index in [0.717, 1.165) is 10.4 Å². The minimum Gasteiger partial charge on any atom is -0.315 e. The second-order valence-corrected chi connectivity index (χ2v) is 7.66. The summed E-state index contributed by atoms with van der Waals surface area (Å²) in [5.74, 6) is 0. The van der Waals surface area contributed by atoms with Crippen LogP contribution in [0.3, 0.4) is 0 Å². The van der Waals surface area contributed by atoms with E-state index in [1.807, 2.05) is 14.0 Å². The van der Waals surface area contributed by atoms with Crippen LogP contribution in [0.5, 0.6) is 0 Å². The number of aromatic nitrogens is 2. The molecule has 0 bridgehead atoms. The predicted molar refractivity (Wildman–Crippen MR) is 80.6 cm³/mol. The van der Waals surface area contributed by atoms with Crippen molar-refractivity contribution in [2.24, 2.45) is 7.05 Å². The van der Waals surface area contributed by atoms with Crippen molar-refractivity contribution in [2.45, 2.75) is 24.6 Å². The number of aryl methyl sites for hydroxylation is 3. The molecule has 110 valence electrons.